The third-order valence-corrected chi connectivity index (χ3v) is 3.54. The molecule has 0 aliphatic heterocycles. The van der Waals surface area contributed by atoms with Gasteiger partial charge in [-0.25, -0.2) is 0 Å². The highest BCUT2D eigenvalue weighted by atomic mass is 16.4. The van der Waals surface area contributed by atoms with Crippen LogP contribution in [0.1, 0.15) is 26.4 Å². The minimum Gasteiger partial charge on any atom is -0.431 e. The molecule has 25 heavy (non-hydrogen) atoms. The minimum absolute atomic E-state index is 0.0120. The Balaban J connectivity index is 1.52. The maximum absolute atomic E-state index is 12.1. The number of hydrogen-bond donors (Lipinski definition) is 2. The van der Waals surface area contributed by atoms with Crippen LogP contribution in [0.4, 0.5) is 6.01 Å². The molecule has 126 valence electrons. The van der Waals surface area contributed by atoms with Crippen LogP contribution in [0.15, 0.2) is 71.3 Å². The van der Waals surface area contributed by atoms with Gasteiger partial charge >= 0.3 is 6.01 Å². The van der Waals surface area contributed by atoms with E-state index < -0.39 is 0 Å². The fourth-order valence-electron chi connectivity index (χ4n) is 2.25. The monoisotopic (exact) mass is 335 g/mol. The summed E-state index contributed by atoms with van der Waals surface area (Å²) in [6.45, 7) is 0.488. The molecule has 6 nitrogen and oxygen atoms in total. The van der Waals surface area contributed by atoms with E-state index >= 15 is 0 Å². The molecule has 3 aromatic rings. The van der Waals surface area contributed by atoms with Gasteiger partial charge in [0, 0.05) is 12.1 Å². The van der Waals surface area contributed by atoms with E-state index in [4.69, 9.17) is 4.42 Å². The van der Waals surface area contributed by atoms with Crippen molar-refractivity contribution in [3.8, 4) is 0 Å². The average molecular weight is 335 g/mol. The molecule has 0 aliphatic rings. The van der Waals surface area contributed by atoms with E-state index in [9.17, 15) is 9.59 Å². The van der Waals surface area contributed by atoms with Gasteiger partial charge < -0.3 is 9.73 Å². The Kier molecular flexibility index (Phi) is 5.21. The summed E-state index contributed by atoms with van der Waals surface area (Å²) in [5.41, 5.74) is 1.74. The second-order valence-corrected chi connectivity index (χ2v) is 5.35. The van der Waals surface area contributed by atoms with Crippen LogP contribution in [0.5, 0.6) is 0 Å². The number of aromatic nitrogens is 1. The lowest BCUT2D eigenvalue weighted by Crippen LogP contribution is -2.26. The van der Waals surface area contributed by atoms with E-state index in [1.165, 1.54) is 6.26 Å². The molecular formula is C19H17N3O3. The van der Waals surface area contributed by atoms with Crippen molar-refractivity contribution in [3.63, 3.8) is 0 Å². The number of carbonyl (C=O) groups is 2. The first kappa shape index (κ1) is 16.4. The topological polar surface area (TPSA) is 84.2 Å². The molecule has 0 aliphatic carbocycles. The Hall–Kier alpha value is -3.41. The maximum atomic E-state index is 12.1. The molecule has 0 bridgehead atoms. The lowest BCUT2D eigenvalue weighted by molar-refractivity contribution is 0.0948. The summed E-state index contributed by atoms with van der Waals surface area (Å²) in [7, 11) is 0. The van der Waals surface area contributed by atoms with Gasteiger partial charge in [0.2, 0.25) is 0 Å². The molecule has 1 heterocycles. The van der Waals surface area contributed by atoms with Crippen molar-refractivity contribution < 1.29 is 14.0 Å². The van der Waals surface area contributed by atoms with Crippen molar-refractivity contribution in [2.75, 3.05) is 11.9 Å². The minimum atomic E-state index is -0.349. The molecule has 0 saturated carbocycles. The Morgan fingerprint density at radius 3 is 2.32 bits per heavy atom. The standard InChI is InChI=1S/C19H17N3O3/c23-17(15-9-5-2-6-10-15)22-19-21-16(13-25-19)18(24)20-12-11-14-7-3-1-4-8-14/h1-10,13H,11-12H2,(H,20,24)(H,21,22,23). The fraction of sp³-hybridized carbons (Fsp3) is 0.105. The highest BCUT2D eigenvalue weighted by Gasteiger charge is 2.14. The fourth-order valence-corrected chi connectivity index (χ4v) is 2.25. The predicted molar refractivity (Wildman–Crippen MR) is 93.4 cm³/mol. The van der Waals surface area contributed by atoms with Crippen LogP contribution in [0, 0.1) is 0 Å². The Morgan fingerprint density at radius 2 is 1.60 bits per heavy atom. The van der Waals surface area contributed by atoms with Crippen LogP contribution in [0.2, 0.25) is 0 Å². The zero-order valence-corrected chi connectivity index (χ0v) is 13.4. The summed E-state index contributed by atoms with van der Waals surface area (Å²) in [6, 6.07) is 18.5. The summed E-state index contributed by atoms with van der Waals surface area (Å²) in [5, 5.41) is 5.29. The highest BCUT2D eigenvalue weighted by Crippen LogP contribution is 2.10. The van der Waals surface area contributed by atoms with Gasteiger partial charge in [0.25, 0.3) is 11.8 Å². The van der Waals surface area contributed by atoms with Crippen LogP contribution in [0.3, 0.4) is 0 Å². The first-order chi connectivity index (χ1) is 12.2. The molecule has 2 N–H and O–H groups in total. The van der Waals surface area contributed by atoms with E-state index in [0.717, 1.165) is 12.0 Å². The van der Waals surface area contributed by atoms with E-state index in [1.807, 2.05) is 36.4 Å². The molecule has 0 fully saturated rings. The SMILES string of the molecule is O=C(Nc1nc(C(=O)NCCc2ccccc2)co1)c1ccccc1. The van der Waals surface area contributed by atoms with Crippen LogP contribution in [0.25, 0.3) is 0 Å². The summed E-state index contributed by atoms with van der Waals surface area (Å²) in [5.74, 6) is -0.696. The second kappa shape index (κ2) is 7.92. The smallest absolute Gasteiger partial charge is 0.302 e. The molecule has 0 saturated heterocycles. The van der Waals surface area contributed by atoms with Gasteiger partial charge in [-0.1, -0.05) is 48.5 Å². The van der Waals surface area contributed by atoms with E-state index in [-0.39, 0.29) is 23.5 Å². The molecule has 2 aromatic carbocycles. The van der Waals surface area contributed by atoms with Gasteiger partial charge in [-0.2, -0.15) is 4.98 Å². The Morgan fingerprint density at radius 1 is 0.920 bits per heavy atom. The number of rotatable bonds is 6. The quantitative estimate of drug-likeness (QED) is 0.725. The second-order valence-electron chi connectivity index (χ2n) is 5.35. The molecule has 0 unspecified atom stereocenters. The molecule has 2 amide bonds. The van der Waals surface area contributed by atoms with Gasteiger partial charge in [-0.3, -0.25) is 14.9 Å². The molecule has 3 rings (SSSR count). The normalized spacial score (nSPS) is 10.2. The first-order valence-corrected chi connectivity index (χ1v) is 7.86. The van der Waals surface area contributed by atoms with E-state index in [0.29, 0.717) is 12.1 Å². The van der Waals surface area contributed by atoms with Crippen molar-refractivity contribution in [2.45, 2.75) is 6.42 Å². The molecular weight excluding hydrogens is 318 g/mol. The average Bonchev–Trinajstić information content (AvgIpc) is 3.12. The number of anilines is 1. The van der Waals surface area contributed by atoms with Crippen molar-refractivity contribution in [2.24, 2.45) is 0 Å². The number of nitrogens with zero attached hydrogens (tertiary/aromatic N) is 1. The molecule has 0 radical (unpaired) electrons. The van der Waals surface area contributed by atoms with Crippen LogP contribution < -0.4 is 10.6 Å². The largest absolute Gasteiger partial charge is 0.431 e. The summed E-state index contributed by atoms with van der Waals surface area (Å²) < 4.78 is 5.14. The molecule has 0 atom stereocenters. The summed E-state index contributed by atoms with van der Waals surface area (Å²) in [6.07, 6.45) is 1.94. The van der Waals surface area contributed by atoms with E-state index in [1.54, 1.807) is 24.3 Å². The van der Waals surface area contributed by atoms with Gasteiger partial charge in [0.05, 0.1) is 0 Å². The van der Waals surface area contributed by atoms with Crippen molar-refractivity contribution in [1.29, 1.82) is 0 Å². The number of benzene rings is 2. The van der Waals surface area contributed by atoms with Crippen molar-refractivity contribution in [1.82, 2.24) is 10.3 Å². The number of carbonyl (C=O) groups excluding carboxylic acids is 2. The first-order valence-electron chi connectivity index (χ1n) is 7.86. The van der Waals surface area contributed by atoms with E-state index in [2.05, 4.69) is 15.6 Å². The lowest BCUT2D eigenvalue weighted by Gasteiger charge is -2.03. The third kappa shape index (κ3) is 4.54. The van der Waals surface area contributed by atoms with Crippen LogP contribution in [-0.2, 0) is 6.42 Å². The number of oxazole rings is 1. The van der Waals surface area contributed by atoms with Crippen molar-refractivity contribution >= 4 is 17.8 Å². The summed E-state index contributed by atoms with van der Waals surface area (Å²) in [4.78, 5) is 28.1. The Bertz CT molecular complexity index is 845. The third-order valence-electron chi connectivity index (χ3n) is 3.54. The lowest BCUT2D eigenvalue weighted by atomic mass is 10.1. The van der Waals surface area contributed by atoms with Gasteiger partial charge in [0.15, 0.2) is 5.69 Å². The van der Waals surface area contributed by atoms with Gasteiger partial charge in [-0.05, 0) is 24.1 Å². The number of nitrogens with one attached hydrogen (secondary N) is 2. The van der Waals surface area contributed by atoms with Crippen LogP contribution >= 0.6 is 0 Å². The molecule has 0 spiro atoms. The van der Waals surface area contributed by atoms with Crippen molar-refractivity contribution in [3.05, 3.63) is 83.7 Å². The number of hydrogen-bond acceptors (Lipinski definition) is 4. The maximum Gasteiger partial charge on any atom is 0.302 e. The predicted octanol–water partition coefficient (Wildman–Crippen LogP) is 2.90. The molecule has 6 heteroatoms. The zero-order chi connectivity index (χ0) is 17.5. The highest BCUT2D eigenvalue weighted by molar-refractivity contribution is 6.03. The molecule has 1 aromatic heterocycles. The van der Waals surface area contributed by atoms with Gasteiger partial charge in [-0.15, -0.1) is 0 Å². The van der Waals surface area contributed by atoms with Gasteiger partial charge in [0.1, 0.15) is 6.26 Å². The zero-order valence-electron chi connectivity index (χ0n) is 13.4. The van der Waals surface area contributed by atoms with Crippen LogP contribution in [-0.4, -0.2) is 23.3 Å². The summed E-state index contributed by atoms with van der Waals surface area (Å²) >= 11 is 0. The number of amides is 2. The Labute approximate surface area is 144 Å².